The molecule has 0 saturated carbocycles. The Bertz CT molecular complexity index is 1080. The lowest BCUT2D eigenvalue weighted by atomic mass is 10.1. The van der Waals surface area contributed by atoms with E-state index in [1.54, 1.807) is 19.1 Å². The van der Waals surface area contributed by atoms with Crippen molar-refractivity contribution in [2.75, 3.05) is 6.26 Å². The lowest BCUT2D eigenvalue weighted by molar-refractivity contribution is 0.281. The largest absolute Gasteiger partial charge is 0.255 e. The summed E-state index contributed by atoms with van der Waals surface area (Å²) in [5.74, 6) is -0.521. The first kappa shape index (κ1) is 20.9. The molecular formula is C19H23FN2O4S2. The van der Waals surface area contributed by atoms with Gasteiger partial charge in [-0.1, -0.05) is 12.1 Å². The number of pyridine rings is 1. The van der Waals surface area contributed by atoms with Crippen molar-refractivity contribution in [3.63, 3.8) is 0 Å². The molecule has 2 heterocycles. The molecule has 6 nitrogen and oxygen atoms in total. The lowest BCUT2D eigenvalue weighted by Crippen LogP contribution is -2.47. The highest BCUT2D eigenvalue weighted by atomic mass is 32.2. The van der Waals surface area contributed by atoms with Crippen molar-refractivity contribution in [3.8, 4) is 11.3 Å². The molecule has 2 aromatic rings. The third-order valence-corrected chi connectivity index (χ3v) is 8.65. The minimum absolute atomic E-state index is 0.0135. The highest BCUT2D eigenvalue weighted by molar-refractivity contribution is 7.90. The van der Waals surface area contributed by atoms with Crippen molar-refractivity contribution in [3.05, 3.63) is 47.9 Å². The molecule has 1 aromatic carbocycles. The van der Waals surface area contributed by atoms with Crippen molar-refractivity contribution >= 4 is 19.9 Å². The van der Waals surface area contributed by atoms with E-state index in [2.05, 4.69) is 4.98 Å². The van der Waals surface area contributed by atoms with Gasteiger partial charge in [-0.3, -0.25) is 4.98 Å². The van der Waals surface area contributed by atoms with E-state index < -0.39 is 30.9 Å². The number of aromatic nitrogens is 1. The van der Waals surface area contributed by atoms with Crippen LogP contribution in [-0.4, -0.2) is 43.7 Å². The summed E-state index contributed by atoms with van der Waals surface area (Å²) in [5, 5.41) is -0.469. The summed E-state index contributed by atoms with van der Waals surface area (Å²) in [7, 11) is -6.80. The second-order valence-electron chi connectivity index (χ2n) is 7.28. The fourth-order valence-corrected chi connectivity index (χ4v) is 5.65. The van der Waals surface area contributed by atoms with Gasteiger partial charge in [0, 0.05) is 36.2 Å². The second kappa shape index (κ2) is 7.53. The topological polar surface area (TPSA) is 84.4 Å². The Hall–Kier alpha value is -1.84. The number of rotatable bonds is 4. The smallest absolute Gasteiger partial charge is 0.217 e. The molecule has 1 aliphatic heterocycles. The first-order valence-electron chi connectivity index (χ1n) is 8.95. The van der Waals surface area contributed by atoms with Gasteiger partial charge in [0.25, 0.3) is 0 Å². The van der Waals surface area contributed by atoms with Gasteiger partial charge in [-0.2, -0.15) is 4.31 Å². The van der Waals surface area contributed by atoms with Crippen LogP contribution in [0.1, 0.15) is 32.3 Å². The van der Waals surface area contributed by atoms with Gasteiger partial charge in [-0.25, -0.2) is 21.2 Å². The van der Waals surface area contributed by atoms with Crippen LogP contribution < -0.4 is 0 Å². The van der Waals surface area contributed by atoms with E-state index in [1.807, 2.05) is 6.92 Å². The summed E-state index contributed by atoms with van der Waals surface area (Å²) >= 11 is 0. The van der Waals surface area contributed by atoms with Gasteiger partial charge in [0.15, 0.2) is 9.84 Å². The van der Waals surface area contributed by atoms with Crippen molar-refractivity contribution in [2.45, 2.75) is 49.4 Å². The molecule has 0 spiro atoms. The summed E-state index contributed by atoms with van der Waals surface area (Å²) in [5.41, 5.74) is 1.22. The molecule has 0 aliphatic carbocycles. The first-order valence-corrected chi connectivity index (χ1v) is 12.3. The van der Waals surface area contributed by atoms with Crippen molar-refractivity contribution in [2.24, 2.45) is 0 Å². The highest BCUT2D eigenvalue weighted by Gasteiger charge is 2.37. The molecule has 28 heavy (non-hydrogen) atoms. The number of halogens is 1. The summed E-state index contributed by atoms with van der Waals surface area (Å²) in [6.45, 7) is 3.50. The molecule has 0 N–H and O–H groups in total. The number of hydrogen-bond acceptors (Lipinski definition) is 5. The quantitative estimate of drug-likeness (QED) is 0.750. The summed E-state index contributed by atoms with van der Waals surface area (Å²) in [6.07, 6.45) is 3.68. The molecule has 1 saturated heterocycles. The minimum atomic E-state index is -3.45. The van der Waals surface area contributed by atoms with Crippen molar-refractivity contribution < 1.29 is 21.2 Å². The Labute approximate surface area is 165 Å². The molecule has 9 heteroatoms. The zero-order valence-electron chi connectivity index (χ0n) is 16.0. The number of hydrogen-bond donors (Lipinski definition) is 0. The first-order chi connectivity index (χ1) is 13.0. The van der Waals surface area contributed by atoms with E-state index in [0.717, 1.165) is 12.7 Å². The fraction of sp³-hybridized carbons (Fsp3) is 0.421. The van der Waals surface area contributed by atoms with Gasteiger partial charge < -0.3 is 0 Å². The maximum Gasteiger partial charge on any atom is 0.217 e. The molecule has 0 bridgehead atoms. The number of sulfonamides is 1. The predicted molar refractivity (Wildman–Crippen MR) is 105 cm³/mol. The average molecular weight is 427 g/mol. The van der Waals surface area contributed by atoms with Crippen LogP contribution in [0.4, 0.5) is 4.39 Å². The Morgan fingerprint density at radius 3 is 2.46 bits per heavy atom. The van der Waals surface area contributed by atoms with E-state index in [1.165, 1.54) is 28.7 Å². The van der Waals surface area contributed by atoms with E-state index in [-0.39, 0.29) is 17.5 Å². The highest BCUT2D eigenvalue weighted by Crippen LogP contribution is 2.29. The van der Waals surface area contributed by atoms with E-state index in [0.29, 0.717) is 23.2 Å². The van der Waals surface area contributed by atoms with Crippen molar-refractivity contribution in [1.82, 2.24) is 9.29 Å². The lowest BCUT2D eigenvalue weighted by Gasteiger charge is -2.36. The van der Waals surface area contributed by atoms with Crippen LogP contribution in [0, 0.1) is 5.82 Å². The minimum Gasteiger partial charge on any atom is -0.255 e. The summed E-state index contributed by atoms with van der Waals surface area (Å²) in [6, 6.07) is 7.27. The van der Waals surface area contributed by atoms with Gasteiger partial charge in [0.1, 0.15) is 5.82 Å². The Morgan fingerprint density at radius 1 is 1.18 bits per heavy atom. The molecule has 3 rings (SSSR count). The van der Waals surface area contributed by atoms with E-state index in [9.17, 15) is 21.2 Å². The standard InChI is InChI=1S/C19H23FN2O4S2/c1-13-4-5-14(2)28(25,26)22(13)12-16-7-6-15(10-18(16)20)19-9-8-17(11-21-19)27(3,23)24/h6-11,13-14H,4-5,12H2,1-3H3/t13-,14?/m0/s1. The Balaban J connectivity index is 1.87. The van der Waals surface area contributed by atoms with Crippen LogP contribution in [0.5, 0.6) is 0 Å². The second-order valence-corrected chi connectivity index (χ2v) is 11.6. The van der Waals surface area contributed by atoms with Crippen LogP contribution >= 0.6 is 0 Å². The zero-order valence-corrected chi connectivity index (χ0v) is 17.6. The van der Waals surface area contributed by atoms with Crippen LogP contribution in [-0.2, 0) is 26.4 Å². The molecule has 152 valence electrons. The number of nitrogens with zero attached hydrogens (tertiary/aromatic N) is 2. The number of benzene rings is 1. The maximum absolute atomic E-state index is 14.7. The Morgan fingerprint density at radius 2 is 1.89 bits per heavy atom. The number of sulfone groups is 1. The van der Waals surface area contributed by atoms with Crippen LogP contribution in [0.3, 0.4) is 0 Å². The van der Waals surface area contributed by atoms with Gasteiger partial charge in [-0.05, 0) is 44.9 Å². The van der Waals surface area contributed by atoms with E-state index in [4.69, 9.17) is 0 Å². The van der Waals surface area contributed by atoms with Gasteiger partial charge in [0.2, 0.25) is 10.0 Å². The zero-order chi connectivity index (χ0) is 20.7. The molecule has 1 aliphatic rings. The normalized spacial score (nSPS) is 22.9. The molecule has 1 aromatic heterocycles. The van der Waals surface area contributed by atoms with Gasteiger partial charge in [-0.15, -0.1) is 0 Å². The molecule has 1 fully saturated rings. The van der Waals surface area contributed by atoms with Crippen LogP contribution in [0.2, 0.25) is 0 Å². The fourth-order valence-electron chi connectivity index (χ4n) is 3.27. The maximum atomic E-state index is 14.7. The molecular weight excluding hydrogens is 403 g/mol. The third kappa shape index (κ3) is 4.11. The average Bonchev–Trinajstić information content (AvgIpc) is 2.63. The molecule has 2 atom stereocenters. The van der Waals surface area contributed by atoms with Crippen LogP contribution in [0.25, 0.3) is 11.3 Å². The SMILES string of the molecule is CC1CC[C@H](C)N(Cc2ccc(-c3ccc(S(C)(=O)=O)cn3)cc2F)S1(=O)=O. The Kier molecular flexibility index (Phi) is 5.62. The van der Waals surface area contributed by atoms with Gasteiger partial charge >= 0.3 is 0 Å². The van der Waals surface area contributed by atoms with E-state index >= 15 is 0 Å². The summed E-state index contributed by atoms with van der Waals surface area (Å²) < 4.78 is 64.3. The third-order valence-electron chi connectivity index (χ3n) is 5.16. The van der Waals surface area contributed by atoms with Crippen LogP contribution in [0.15, 0.2) is 41.4 Å². The molecule has 1 unspecified atom stereocenters. The monoisotopic (exact) mass is 426 g/mol. The van der Waals surface area contributed by atoms with Crippen molar-refractivity contribution in [1.29, 1.82) is 0 Å². The summed E-state index contributed by atoms with van der Waals surface area (Å²) in [4.78, 5) is 4.18. The molecule has 0 radical (unpaired) electrons. The van der Waals surface area contributed by atoms with Gasteiger partial charge in [0.05, 0.1) is 15.8 Å². The molecule has 0 amide bonds. The predicted octanol–water partition coefficient (Wildman–Crippen LogP) is 2.99.